The first-order chi connectivity index (χ1) is 5.42. The van der Waals surface area contributed by atoms with Gasteiger partial charge < -0.3 is 4.74 Å². The highest BCUT2D eigenvalue weighted by molar-refractivity contribution is 4.92. The van der Waals surface area contributed by atoms with Crippen molar-refractivity contribution in [1.82, 2.24) is 0 Å². The van der Waals surface area contributed by atoms with E-state index in [1.807, 2.05) is 0 Å². The highest BCUT2D eigenvalue weighted by atomic mass is 16.6. The molecule has 0 amide bonds. The SMILES string of the molecule is C1CC2CC1CC2CC1CO1. The molecule has 4 atom stereocenters. The van der Waals surface area contributed by atoms with E-state index in [1.54, 1.807) is 6.42 Å². The van der Waals surface area contributed by atoms with Crippen molar-refractivity contribution >= 4 is 0 Å². The van der Waals surface area contributed by atoms with Gasteiger partial charge in [0, 0.05) is 0 Å². The smallest absolute Gasteiger partial charge is 0.0812 e. The Balaban J connectivity index is 1.62. The van der Waals surface area contributed by atoms with Gasteiger partial charge in [0.2, 0.25) is 0 Å². The number of epoxide rings is 1. The lowest BCUT2D eigenvalue weighted by Crippen LogP contribution is -2.12. The van der Waals surface area contributed by atoms with Crippen LogP contribution in [0.15, 0.2) is 0 Å². The molecule has 1 heterocycles. The molecule has 0 aromatic carbocycles. The summed E-state index contributed by atoms with van der Waals surface area (Å²) in [5.74, 6) is 3.27. The second-order valence-corrected chi connectivity index (χ2v) is 4.63. The molecule has 62 valence electrons. The molecule has 1 heteroatoms. The van der Waals surface area contributed by atoms with Gasteiger partial charge in [0.1, 0.15) is 0 Å². The van der Waals surface area contributed by atoms with Crippen LogP contribution in [0.5, 0.6) is 0 Å². The topological polar surface area (TPSA) is 12.5 Å². The maximum atomic E-state index is 5.28. The molecular formula is C10H16O. The minimum absolute atomic E-state index is 0.680. The number of ether oxygens (including phenoxy) is 1. The van der Waals surface area contributed by atoms with Gasteiger partial charge in [-0.1, -0.05) is 6.42 Å². The Morgan fingerprint density at radius 2 is 2.09 bits per heavy atom. The van der Waals surface area contributed by atoms with Gasteiger partial charge in [0.05, 0.1) is 12.7 Å². The van der Waals surface area contributed by atoms with Gasteiger partial charge >= 0.3 is 0 Å². The molecule has 2 aliphatic carbocycles. The molecule has 0 aromatic heterocycles. The number of hydrogen-bond donors (Lipinski definition) is 0. The number of hydrogen-bond acceptors (Lipinski definition) is 1. The van der Waals surface area contributed by atoms with Crippen LogP contribution in [0.3, 0.4) is 0 Å². The molecule has 0 aromatic rings. The first-order valence-corrected chi connectivity index (χ1v) is 5.03. The lowest BCUT2D eigenvalue weighted by molar-refractivity contribution is 0.275. The second-order valence-electron chi connectivity index (χ2n) is 4.63. The Kier molecular flexibility index (Phi) is 1.31. The fourth-order valence-corrected chi connectivity index (χ4v) is 3.21. The Morgan fingerprint density at radius 3 is 2.64 bits per heavy atom. The van der Waals surface area contributed by atoms with E-state index in [-0.39, 0.29) is 0 Å². The molecule has 11 heavy (non-hydrogen) atoms. The molecule has 1 nitrogen and oxygen atoms in total. The molecule has 0 N–H and O–H groups in total. The van der Waals surface area contributed by atoms with Crippen LogP contribution in [0, 0.1) is 17.8 Å². The van der Waals surface area contributed by atoms with E-state index in [2.05, 4.69) is 0 Å². The van der Waals surface area contributed by atoms with Crippen molar-refractivity contribution in [3.8, 4) is 0 Å². The first-order valence-electron chi connectivity index (χ1n) is 5.03. The molecule has 2 saturated carbocycles. The van der Waals surface area contributed by atoms with Crippen LogP contribution in [-0.4, -0.2) is 12.7 Å². The Morgan fingerprint density at radius 1 is 1.18 bits per heavy atom. The summed E-state index contributed by atoms with van der Waals surface area (Å²) in [7, 11) is 0. The fraction of sp³-hybridized carbons (Fsp3) is 1.00. The van der Waals surface area contributed by atoms with Gasteiger partial charge in [-0.15, -0.1) is 0 Å². The van der Waals surface area contributed by atoms with Crippen molar-refractivity contribution in [1.29, 1.82) is 0 Å². The van der Waals surface area contributed by atoms with Crippen LogP contribution in [0.25, 0.3) is 0 Å². The van der Waals surface area contributed by atoms with Crippen molar-refractivity contribution in [3.05, 3.63) is 0 Å². The van der Waals surface area contributed by atoms with Gasteiger partial charge in [-0.05, 0) is 43.4 Å². The molecule has 3 aliphatic rings. The second kappa shape index (κ2) is 2.22. The monoisotopic (exact) mass is 152 g/mol. The largest absolute Gasteiger partial charge is 0.373 e. The summed E-state index contributed by atoms with van der Waals surface area (Å²) in [5.41, 5.74) is 0. The summed E-state index contributed by atoms with van der Waals surface area (Å²) in [5, 5.41) is 0. The van der Waals surface area contributed by atoms with Crippen LogP contribution >= 0.6 is 0 Å². The van der Waals surface area contributed by atoms with E-state index in [0.717, 1.165) is 24.4 Å². The van der Waals surface area contributed by atoms with E-state index in [0.29, 0.717) is 6.10 Å². The summed E-state index contributed by atoms with van der Waals surface area (Å²) >= 11 is 0. The van der Waals surface area contributed by atoms with Crippen LogP contribution in [0.1, 0.15) is 32.1 Å². The molecule has 0 spiro atoms. The third kappa shape index (κ3) is 1.10. The Hall–Kier alpha value is -0.0400. The van der Waals surface area contributed by atoms with Crippen molar-refractivity contribution in [2.24, 2.45) is 17.8 Å². The van der Waals surface area contributed by atoms with E-state index in [9.17, 15) is 0 Å². The quantitative estimate of drug-likeness (QED) is 0.553. The highest BCUT2D eigenvalue weighted by Crippen LogP contribution is 2.50. The third-order valence-corrected chi connectivity index (χ3v) is 3.85. The van der Waals surface area contributed by atoms with Crippen LogP contribution in [-0.2, 0) is 4.74 Å². The van der Waals surface area contributed by atoms with Crippen molar-refractivity contribution < 1.29 is 4.74 Å². The minimum atomic E-state index is 0.680. The van der Waals surface area contributed by atoms with E-state index in [1.165, 1.54) is 25.7 Å². The number of rotatable bonds is 2. The molecule has 2 bridgehead atoms. The summed E-state index contributed by atoms with van der Waals surface area (Å²) in [6, 6.07) is 0. The molecule has 0 radical (unpaired) electrons. The lowest BCUT2D eigenvalue weighted by atomic mass is 9.86. The predicted octanol–water partition coefficient (Wildman–Crippen LogP) is 2.21. The average Bonchev–Trinajstić information content (AvgIpc) is 2.61. The van der Waals surface area contributed by atoms with Gasteiger partial charge in [-0.3, -0.25) is 0 Å². The summed E-state index contributed by atoms with van der Waals surface area (Å²) in [6.45, 7) is 1.06. The summed E-state index contributed by atoms with van der Waals surface area (Å²) < 4.78 is 5.28. The molecule has 1 saturated heterocycles. The van der Waals surface area contributed by atoms with E-state index < -0.39 is 0 Å². The molecule has 1 aliphatic heterocycles. The first kappa shape index (κ1) is 6.47. The molecular weight excluding hydrogens is 136 g/mol. The fourth-order valence-electron chi connectivity index (χ4n) is 3.21. The van der Waals surface area contributed by atoms with Crippen molar-refractivity contribution in [3.63, 3.8) is 0 Å². The Labute approximate surface area is 68.1 Å². The summed E-state index contributed by atoms with van der Waals surface area (Å²) in [4.78, 5) is 0. The zero-order valence-electron chi connectivity index (χ0n) is 6.96. The van der Waals surface area contributed by atoms with Crippen LogP contribution < -0.4 is 0 Å². The van der Waals surface area contributed by atoms with Crippen LogP contribution in [0.4, 0.5) is 0 Å². The maximum absolute atomic E-state index is 5.28. The highest BCUT2D eigenvalue weighted by Gasteiger charge is 2.41. The average molecular weight is 152 g/mol. The number of fused-ring (bicyclic) bond motifs is 2. The standard InChI is InChI=1S/C10H16O/c1-2-8-3-7(1)4-9(8)5-10-6-11-10/h7-10H,1-6H2. The molecule has 3 fully saturated rings. The Bertz CT molecular complexity index is 162. The van der Waals surface area contributed by atoms with Gasteiger partial charge in [0.25, 0.3) is 0 Å². The maximum Gasteiger partial charge on any atom is 0.0812 e. The van der Waals surface area contributed by atoms with E-state index in [4.69, 9.17) is 4.74 Å². The zero-order chi connectivity index (χ0) is 7.26. The van der Waals surface area contributed by atoms with Gasteiger partial charge in [0.15, 0.2) is 0 Å². The minimum Gasteiger partial charge on any atom is -0.373 e. The van der Waals surface area contributed by atoms with Gasteiger partial charge in [-0.25, -0.2) is 0 Å². The van der Waals surface area contributed by atoms with Gasteiger partial charge in [-0.2, -0.15) is 0 Å². The van der Waals surface area contributed by atoms with Crippen LogP contribution in [0.2, 0.25) is 0 Å². The van der Waals surface area contributed by atoms with E-state index >= 15 is 0 Å². The summed E-state index contributed by atoms with van der Waals surface area (Å²) in [6.07, 6.45) is 8.22. The normalized spacial score (nSPS) is 53.5. The zero-order valence-corrected chi connectivity index (χ0v) is 6.96. The molecule has 4 unspecified atom stereocenters. The lowest BCUT2D eigenvalue weighted by Gasteiger charge is -2.20. The predicted molar refractivity (Wildman–Crippen MR) is 43.3 cm³/mol. The van der Waals surface area contributed by atoms with Crippen molar-refractivity contribution in [2.45, 2.75) is 38.2 Å². The third-order valence-electron chi connectivity index (χ3n) is 3.85. The van der Waals surface area contributed by atoms with Crippen molar-refractivity contribution in [2.75, 3.05) is 6.61 Å². The molecule has 3 rings (SSSR count).